The van der Waals surface area contributed by atoms with Crippen LogP contribution >= 0.6 is 0 Å². The summed E-state index contributed by atoms with van der Waals surface area (Å²) in [5.74, 6) is -10.2. The Balaban J connectivity index is 1.20. The molecule has 1 saturated carbocycles. The van der Waals surface area contributed by atoms with Crippen LogP contribution in [0.25, 0.3) is 21.7 Å². The first-order valence-corrected chi connectivity index (χ1v) is 25.4. The number of halogens is 1. The molecule has 9 rings (SSSR count). The largest absolute Gasteiger partial charge is 0.507 e. The molecule has 412 valence electrons. The van der Waals surface area contributed by atoms with Gasteiger partial charge >= 0.3 is 11.9 Å². The monoisotopic (exact) mass is 1070 g/mol. The second-order valence-corrected chi connectivity index (χ2v) is 20.6. The van der Waals surface area contributed by atoms with Crippen molar-refractivity contribution >= 4 is 62.8 Å². The number of ether oxygens (including phenoxy) is 4. The topological polar surface area (TPSA) is 295 Å². The Morgan fingerprint density at radius 1 is 0.935 bits per heavy atom. The number of rotatable bonds is 7. The molecule has 0 radical (unpaired) electrons. The van der Waals surface area contributed by atoms with Gasteiger partial charge in [-0.3, -0.25) is 19.4 Å². The third-order valence-electron chi connectivity index (χ3n) is 15.4. The molecule has 8 N–H and O–H groups in total. The summed E-state index contributed by atoms with van der Waals surface area (Å²) in [5, 5.41) is 91.9. The number of allylic oxidation sites excluding steroid dienone is 2. The first-order valence-electron chi connectivity index (χ1n) is 25.4. The summed E-state index contributed by atoms with van der Waals surface area (Å²) < 4.78 is 41.7. The molecular weight excluding hydrogens is 1000 g/mol. The van der Waals surface area contributed by atoms with E-state index in [1.807, 2.05) is 0 Å². The van der Waals surface area contributed by atoms with E-state index < -0.39 is 106 Å². The highest BCUT2D eigenvalue weighted by atomic mass is 19.1. The molecule has 4 aliphatic heterocycles. The van der Waals surface area contributed by atoms with E-state index in [2.05, 4.69) is 15.6 Å². The van der Waals surface area contributed by atoms with Crippen molar-refractivity contribution in [1.29, 1.82) is 0 Å². The number of aromatic nitrogens is 1. The molecule has 4 aromatic rings. The van der Waals surface area contributed by atoms with Gasteiger partial charge < -0.3 is 69.6 Å². The van der Waals surface area contributed by atoms with Crippen LogP contribution in [-0.2, 0) is 23.8 Å². The van der Waals surface area contributed by atoms with E-state index in [1.165, 1.54) is 65.6 Å². The van der Waals surface area contributed by atoms with Crippen LogP contribution < -0.4 is 20.4 Å². The second kappa shape index (κ2) is 21.7. The number of aliphatic hydroxyl groups is 2. The summed E-state index contributed by atoms with van der Waals surface area (Å²) in [5.41, 5.74) is -1.53. The minimum Gasteiger partial charge on any atom is -0.507 e. The number of hydrogen-bond acceptors (Lipinski definition) is 18. The molecule has 0 unspecified atom stereocenters. The number of piperazine rings is 1. The summed E-state index contributed by atoms with van der Waals surface area (Å²) in [4.78, 5) is 53.4. The number of phenolic OH excluding ortho intramolecular Hbond substituents is 3. The number of carboxylic acid groups (broad SMARTS) is 1. The fraction of sp³-hybridized carbons (Fsp3) is 0.455. The number of nitrogens with zero attached hydrogens (tertiary/aromatic N) is 5. The number of benzene rings is 3. The number of aliphatic hydroxyl groups excluding tert-OH is 2. The molecule has 9 atom stereocenters. The number of hydrogen-bond donors (Lipinski definition) is 8. The number of fused-ring (bicyclic) bond motifs is 15. The number of hydrazone groups is 1. The SMILES string of the molecule is CO[C@H]1/C=C/O[C@@]2(C)Oc3c(C)c(O)c4c(O)c(c(/C=N/N5CCN(c6cc7c(cc6F)c(=O)c(C(=O)O)cn7C6CC6)CC5)c(O)c4c3/C2=N/O)NC(=O)/C(C)=C\C=C\[C@H](C)[C@H](O)[C@@H](C)[C@@H](O)[C@@H](C)[C@H](OC(C)=O)[C@@H]1C. The predicted octanol–water partition coefficient (Wildman–Crippen LogP) is 6.39. The first-order chi connectivity index (χ1) is 36.4. The van der Waals surface area contributed by atoms with Crippen LogP contribution in [0.4, 0.5) is 15.8 Å². The van der Waals surface area contributed by atoms with Gasteiger partial charge in [-0.05, 0) is 44.9 Å². The van der Waals surface area contributed by atoms with Crippen LogP contribution in [0.5, 0.6) is 23.0 Å². The standard InChI is InChI=1S/C55H65FN6O15/c1-25-11-10-12-26(2)53(70)58-43-34(23-57-61-18-16-60(17-19-61)38-22-37-33(21-36(38)56)47(67)35(54(71)72)24-62(37)32-13-14-32)48(68)40-41(49(43)69)46(66)30(6)51-42(40)52(59-73)55(8,77-51)75-20-15-39(74-9)27(3)50(76-31(7)63)29(5)45(65)28(4)44(25)64/h10-12,15,20-25,27-29,32,39,44-45,50,64-66,68-69,73H,13-14,16-19H2,1-9H3,(H,58,70)(H,71,72)/b11-10+,20-15+,26-12-,57-23+,59-52-/t25-,27+,28+,29+,39-,44-,45+,50+,55-/m0/s1. The Morgan fingerprint density at radius 3 is 2.25 bits per heavy atom. The van der Waals surface area contributed by atoms with Gasteiger partial charge in [-0.25, -0.2) is 9.18 Å². The quantitative estimate of drug-likeness (QED) is 0.0248. The maximum absolute atomic E-state index is 15.9. The molecule has 5 aliphatic rings. The fourth-order valence-corrected chi connectivity index (χ4v) is 10.6. The van der Waals surface area contributed by atoms with E-state index in [0.29, 0.717) is 5.52 Å². The Labute approximate surface area is 442 Å². The lowest BCUT2D eigenvalue weighted by Crippen LogP contribution is -2.46. The van der Waals surface area contributed by atoms with Crippen molar-refractivity contribution in [2.75, 3.05) is 43.5 Å². The molecule has 1 aromatic heterocycles. The molecule has 1 aliphatic carbocycles. The third-order valence-corrected chi connectivity index (χ3v) is 15.4. The Bertz CT molecular complexity index is 3250. The highest BCUT2D eigenvalue weighted by Gasteiger charge is 2.49. The minimum absolute atomic E-state index is 0.0253. The Morgan fingerprint density at radius 2 is 1.62 bits per heavy atom. The molecule has 5 bridgehead atoms. The van der Waals surface area contributed by atoms with Gasteiger partial charge in [0.1, 0.15) is 34.7 Å². The van der Waals surface area contributed by atoms with Crippen LogP contribution in [0.2, 0.25) is 0 Å². The zero-order valence-electron chi connectivity index (χ0n) is 44.1. The lowest BCUT2D eigenvalue weighted by Gasteiger charge is -2.38. The number of anilines is 2. The average Bonchev–Trinajstić information content (AvgIpc) is 4.42. The van der Waals surface area contributed by atoms with Crippen molar-refractivity contribution in [3.8, 4) is 23.0 Å². The second-order valence-electron chi connectivity index (χ2n) is 20.6. The van der Waals surface area contributed by atoms with E-state index >= 15 is 4.39 Å². The van der Waals surface area contributed by atoms with Crippen LogP contribution in [0.3, 0.4) is 0 Å². The molecule has 21 nitrogen and oxygen atoms in total. The van der Waals surface area contributed by atoms with Crippen molar-refractivity contribution < 1.29 is 73.6 Å². The van der Waals surface area contributed by atoms with E-state index in [0.717, 1.165) is 18.9 Å². The normalized spacial score (nSPS) is 28.6. The highest BCUT2D eigenvalue weighted by Crippen LogP contribution is 2.55. The zero-order chi connectivity index (χ0) is 56.1. The molecule has 3 aromatic carbocycles. The summed E-state index contributed by atoms with van der Waals surface area (Å²) in [7, 11) is 1.42. The number of methoxy groups -OCH3 is 1. The van der Waals surface area contributed by atoms with E-state index in [1.54, 1.807) is 60.4 Å². The average molecular weight is 1070 g/mol. The molecule has 5 heterocycles. The molecule has 2 fully saturated rings. The Hall–Kier alpha value is -7.69. The van der Waals surface area contributed by atoms with Gasteiger partial charge in [0, 0.05) is 91.9 Å². The summed E-state index contributed by atoms with van der Waals surface area (Å²) in [6.07, 6.45) is 7.30. The maximum Gasteiger partial charge on any atom is 0.341 e. The first kappa shape index (κ1) is 55.5. The number of nitrogens with one attached hydrogen (secondary N) is 1. The number of phenols is 3. The lowest BCUT2D eigenvalue weighted by atomic mass is 9.78. The van der Waals surface area contributed by atoms with E-state index in [9.17, 15) is 55.0 Å². The van der Waals surface area contributed by atoms with Crippen molar-refractivity contribution in [2.45, 2.75) is 104 Å². The highest BCUT2D eigenvalue weighted by molar-refractivity contribution is 6.25. The number of carboxylic acids is 1. The van der Waals surface area contributed by atoms with Gasteiger partial charge in [-0.1, -0.05) is 51.1 Å². The van der Waals surface area contributed by atoms with Gasteiger partial charge in [0.25, 0.3) is 11.7 Å². The van der Waals surface area contributed by atoms with Crippen molar-refractivity contribution in [3.63, 3.8) is 0 Å². The maximum atomic E-state index is 15.9. The number of aromatic hydroxyl groups is 3. The molecule has 1 amide bonds. The number of esters is 1. The van der Waals surface area contributed by atoms with Gasteiger partial charge in [0.15, 0.2) is 11.5 Å². The van der Waals surface area contributed by atoms with Crippen LogP contribution in [0.15, 0.2) is 69.5 Å². The molecular formula is C55H65FN6O15. The summed E-state index contributed by atoms with van der Waals surface area (Å²) >= 11 is 0. The smallest absolute Gasteiger partial charge is 0.341 e. The summed E-state index contributed by atoms with van der Waals surface area (Å²) in [6.45, 7) is 13.2. The predicted molar refractivity (Wildman–Crippen MR) is 283 cm³/mol. The van der Waals surface area contributed by atoms with Crippen LogP contribution in [-0.4, -0.2) is 139 Å². The molecule has 1 saturated heterocycles. The lowest BCUT2D eigenvalue weighted by molar-refractivity contribution is -0.160. The fourth-order valence-electron chi connectivity index (χ4n) is 10.6. The van der Waals surface area contributed by atoms with Gasteiger partial charge in [0.2, 0.25) is 5.43 Å². The number of oxime groups is 1. The van der Waals surface area contributed by atoms with Crippen molar-refractivity contribution in [3.05, 3.63) is 92.8 Å². The third kappa shape index (κ3) is 10.4. The van der Waals surface area contributed by atoms with Crippen molar-refractivity contribution in [2.24, 2.45) is 33.9 Å². The zero-order valence-corrected chi connectivity index (χ0v) is 44.1. The van der Waals surface area contributed by atoms with E-state index in [-0.39, 0.29) is 93.5 Å². The van der Waals surface area contributed by atoms with E-state index in [4.69, 9.17) is 18.9 Å². The number of carbonyl (C=O) groups is 3. The van der Waals surface area contributed by atoms with Crippen LogP contribution in [0, 0.1) is 36.4 Å². The minimum atomic E-state index is -1.99. The van der Waals surface area contributed by atoms with Crippen molar-refractivity contribution in [1.82, 2.24) is 9.58 Å². The molecule has 0 spiro atoms. The van der Waals surface area contributed by atoms with Gasteiger partial charge in [0.05, 0.1) is 77.3 Å². The molecule has 77 heavy (non-hydrogen) atoms. The number of pyridine rings is 1. The van der Waals surface area contributed by atoms with Gasteiger partial charge in [-0.2, -0.15) is 5.10 Å². The van der Waals surface area contributed by atoms with Crippen LogP contribution in [0.1, 0.15) is 94.4 Å². The molecule has 22 heteroatoms. The Kier molecular flexibility index (Phi) is 15.7. The number of amides is 1. The number of aromatic carboxylic acids is 1. The summed E-state index contributed by atoms with van der Waals surface area (Å²) in [6, 6.07) is 2.59. The number of carbonyl (C=O) groups excluding carboxylic acids is 2. The van der Waals surface area contributed by atoms with Gasteiger partial charge in [-0.15, -0.1) is 0 Å².